The molecule has 4 rings (SSSR count). The molecule has 1 saturated heterocycles. The second kappa shape index (κ2) is 9.04. The number of hydrogen-bond acceptors (Lipinski definition) is 4. The molecule has 1 N–H and O–H groups in total. The van der Waals surface area contributed by atoms with Crippen LogP contribution in [0.4, 0.5) is 5.82 Å². The fourth-order valence-electron chi connectivity index (χ4n) is 3.83. The third-order valence-corrected chi connectivity index (χ3v) is 5.66. The van der Waals surface area contributed by atoms with Gasteiger partial charge in [0.2, 0.25) is 0 Å². The molecular weight excluding hydrogens is 392 g/mol. The number of ether oxygens (including phenoxy) is 1. The minimum Gasteiger partial charge on any atom is -0.497 e. The van der Waals surface area contributed by atoms with Crippen molar-refractivity contribution in [3.8, 4) is 5.75 Å². The van der Waals surface area contributed by atoms with Crippen molar-refractivity contribution in [2.45, 2.75) is 25.8 Å². The number of anilines is 1. The number of aryl methyl sites for hydroxylation is 1. The number of amides is 2. The van der Waals surface area contributed by atoms with Crippen molar-refractivity contribution in [3.05, 3.63) is 77.5 Å². The predicted molar refractivity (Wildman–Crippen MR) is 119 cm³/mol. The Kier molecular flexibility index (Phi) is 6.02. The molecule has 3 aromatic rings. The van der Waals surface area contributed by atoms with E-state index in [4.69, 9.17) is 4.74 Å². The molecule has 2 amide bonds. The summed E-state index contributed by atoms with van der Waals surface area (Å²) < 4.78 is 6.99. The normalized spacial score (nSPS) is 14.3. The topological polar surface area (TPSA) is 76.5 Å². The van der Waals surface area contributed by atoms with Gasteiger partial charge in [-0.1, -0.05) is 17.7 Å². The Bertz CT molecular complexity index is 1050. The third-order valence-electron chi connectivity index (χ3n) is 5.66. The SMILES string of the molecule is COc1ccc(C(=O)Nc2ccnn2C2CCN(C(=O)c3ccc(C)cc3)CC2)cc1. The van der Waals surface area contributed by atoms with Crippen LogP contribution in [0.1, 0.15) is 45.2 Å². The molecular formula is C24H26N4O3. The van der Waals surface area contributed by atoms with Crippen LogP contribution >= 0.6 is 0 Å². The maximum absolute atomic E-state index is 12.8. The molecule has 0 aliphatic carbocycles. The lowest BCUT2D eigenvalue weighted by molar-refractivity contribution is 0.0691. The molecule has 7 nitrogen and oxygen atoms in total. The number of carbonyl (C=O) groups excluding carboxylic acids is 2. The van der Waals surface area contributed by atoms with E-state index in [9.17, 15) is 9.59 Å². The zero-order chi connectivity index (χ0) is 21.8. The lowest BCUT2D eigenvalue weighted by atomic mass is 10.0. The van der Waals surface area contributed by atoms with Crippen molar-refractivity contribution >= 4 is 17.6 Å². The van der Waals surface area contributed by atoms with Gasteiger partial charge in [-0.15, -0.1) is 0 Å². The average Bonchev–Trinajstić information content (AvgIpc) is 3.27. The highest BCUT2D eigenvalue weighted by atomic mass is 16.5. The van der Waals surface area contributed by atoms with Crippen molar-refractivity contribution in [3.63, 3.8) is 0 Å². The predicted octanol–water partition coefficient (Wildman–Crippen LogP) is 3.93. The first kappa shape index (κ1) is 20.7. The minimum atomic E-state index is -0.198. The highest BCUT2D eigenvalue weighted by Crippen LogP contribution is 2.26. The molecule has 0 unspecified atom stereocenters. The van der Waals surface area contributed by atoms with E-state index < -0.39 is 0 Å². The zero-order valence-electron chi connectivity index (χ0n) is 17.7. The molecule has 1 aromatic heterocycles. The van der Waals surface area contributed by atoms with E-state index in [1.54, 1.807) is 43.6 Å². The lowest BCUT2D eigenvalue weighted by Crippen LogP contribution is -2.39. The monoisotopic (exact) mass is 418 g/mol. The van der Waals surface area contributed by atoms with E-state index in [0.717, 1.165) is 24.0 Å². The number of nitrogens with zero attached hydrogens (tertiary/aromatic N) is 3. The first-order valence-corrected chi connectivity index (χ1v) is 10.4. The fraction of sp³-hybridized carbons (Fsp3) is 0.292. The first-order valence-electron chi connectivity index (χ1n) is 10.4. The van der Waals surface area contributed by atoms with E-state index in [-0.39, 0.29) is 17.9 Å². The largest absolute Gasteiger partial charge is 0.497 e. The molecule has 0 radical (unpaired) electrons. The van der Waals surface area contributed by atoms with E-state index in [1.807, 2.05) is 40.8 Å². The van der Waals surface area contributed by atoms with Gasteiger partial charge in [-0.3, -0.25) is 9.59 Å². The molecule has 1 aliphatic rings. The van der Waals surface area contributed by atoms with Crippen LogP contribution in [0, 0.1) is 6.92 Å². The molecule has 0 spiro atoms. The summed E-state index contributed by atoms with van der Waals surface area (Å²) in [6, 6.07) is 16.6. The summed E-state index contributed by atoms with van der Waals surface area (Å²) in [6.07, 6.45) is 3.25. The Morgan fingerprint density at radius 3 is 2.26 bits per heavy atom. The number of methoxy groups -OCH3 is 1. The summed E-state index contributed by atoms with van der Waals surface area (Å²) in [5, 5.41) is 7.38. The number of piperidine rings is 1. The van der Waals surface area contributed by atoms with E-state index in [1.165, 1.54) is 0 Å². The quantitative estimate of drug-likeness (QED) is 0.681. The summed E-state index contributed by atoms with van der Waals surface area (Å²) in [6.45, 7) is 3.32. The van der Waals surface area contributed by atoms with Gasteiger partial charge < -0.3 is 15.0 Å². The Morgan fingerprint density at radius 2 is 1.61 bits per heavy atom. The van der Waals surface area contributed by atoms with Crippen molar-refractivity contribution in [1.29, 1.82) is 0 Å². The van der Waals surface area contributed by atoms with Crippen LogP contribution in [-0.4, -0.2) is 46.7 Å². The van der Waals surface area contributed by atoms with Crippen LogP contribution in [0.2, 0.25) is 0 Å². The summed E-state index contributed by atoms with van der Waals surface area (Å²) in [5.41, 5.74) is 2.40. The van der Waals surface area contributed by atoms with Crippen LogP contribution < -0.4 is 10.1 Å². The van der Waals surface area contributed by atoms with E-state index in [0.29, 0.717) is 30.2 Å². The number of nitrogens with one attached hydrogen (secondary N) is 1. The summed E-state index contributed by atoms with van der Waals surface area (Å²) in [4.78, 5) is 27.3. The molecule has 1 aliphatic heterocycles. The van der Waals surface area contributed by atoms with Crippen molar-refractivity contribution < 1.29 is 14.3 Å². The van der Waals surface area contributed by atoms with Gasteiger partial charge >= 0.3 is 0 Å². The molecule has 1 fully saturated rings. The van der Waals surface area contributed by atoms with Gasteiger partial charge in [0.25, 0.3) is 11.8 Å². The molecule has 0 saturated carbocycles. The Morgan fingerprint density at radius 1 is 0.968 bits per heavy atom. The number of rotatable bonds is 5. The maximum Gasteiger partial charge on any atom is 0.256 e. The van der Waals surface area contributed by atoms with Gasteiger partial charge in [0.15, 0.2) is 0 Å². The van der Waals surface area contributed by atoms with Gasteiger partial charge in [0, 0.05) is 30.3 Å². The number of likely N-dealkylation sites (tertiary alicyclic amines) is 1. The summed E-state index contributed by atoms with van der Waals surface area (Å²) in [5.74, 6) is 1.22. The average molecular weight is 418 g/mol. The number of benzene rings is 2. The second-order valence-corrected chi connectivity index (χ2v) is 7.73. The van der Waals surface area contributed by atoms with Crippen LogP contribution in [0.15, 0.2) is 60.8 Å². The highest BCUT2D eigenvalue weighted by Gasteiger charge is 2.26. The lowest BCUT2D eigenvalue weighted by Gasteiger charge is -2.32. The van der Waals surface area contributed by atoms with Gasteiger partial charge in [0.1, 0.15) is 11.6 Å². The summed E-state index contributed by atoms with van der Waals surface area (Å²) >= 11 is 0. The van der Waals surface area contributed by atoms with Crippen LogP contribution in [0.25, 0.3) is 0 Å². The maximum atomic E-state index is 12.8. The number of carbonyl (C=O) groups is 2. The minimum absolute atomic E-state index is 0.0620. The molecule has 0 atom stereocenters. The molecule has 7 heteroatoms. The van der Waals surface area contributed by atoms with Gasteiger partial charge in [0.05, 0.1) is 19.3 Å². The number of hydrogen-bond donors (Lipinski definition) is 1. The smallest absolute Gasteiger partial charge is 0.256 e. The van der Waals surface area contributed by atoms with Gasteiger partial charge in [-0.25, -0.2) is 4.68 Å². The molecule has 0 bridgehead atoms. The van der Waals surface area contributed by atoms with Crippen molar-refractivity contribution in [1.82, 2.24) is 14.7 Å². The Labute approximate surface area is 181 Å². The van der Waals surface area contributed by atoms with Crippen molar-refractivity contribution in [2.24, 2.45) is 0 Å². The van der Waals surface area contributed by atoms with Crippen LogP contribution in [-0.2, 0) is 0 Å². The highest BCUT2D eigenvalue weighted by molar-refractivity contribution is 6.03. The van der Waals surface area contributed by atoms with E-state index >= 15 is 0 Å². The molecule has 31 heavy (non-hydrogen) atoms. The van der Waals surface area contributed by atoms with E-state index in [2.05, 4.69) is 10.4 Å². The molecule has 2 aromatic carbocycles. The molecule has 2 heterocycles. The fourth-order valence-corrected chi connectivity index (χ4v) is 3.83. The number of aromatic nitrogens is 2. The first-order chi connectivity index (χ1) is 15.0. The molecule has 160 valence electrons. The Balaban J connectivity index is 1.38. The zero-order valence-corrected chi connectivity index (χ0v) is 17.7. The van der Waals surface area contributed by atoms with Crippen LogP contribution in [0.3, 0.4) is 0 Å². The van der Waals surface area contributed by atoms with Crippen LogP contribution in [0.5, 0.6) is 5.75 Å². The van der Waals surface area contributed by atoms with Crippen molar-refractivity contribution in [2.75, 3.05) is 25.5 Å². The Hall–Kier alpha value is -3.61. The van der Waals surface area contributed by atoms with Gasteiger partial charge in [-0.2, -0.15) is 5.10 Å². The third kappa shape index (κ3) is 4.60. The second-order valence-electron chi connectivity index (χ2n) is 7.73. The summed E-state index contributed by atoms with van der Waals surface area (Å²) in [7, 11) is 1.59. The van der Waals surface area contributed by atoms with Gasteiger partial charge in [-0.05, 0) is 56.2 Å². The standard InChI is InChI=1S/C24H26N4O3/c1-17-3-5-19(6-4-17)24(30)27-15-12-20(13-16-27)28-22(11-14-25-28)26-23(29)18-7-9-21(31-2)10-8-18/h3-11,14,20H,12-13,15-16H2,1-2H3,(H,26,29).